The number of aliphatic hydroxyl groups is 1. The van der Waals surface area contributed by atoms with Gasteiger partial charge in [-0.25, -0.2) is 0 Å². The number of hydrogen-bond donors (Lipinski definition) is 1. The van der Waals surface area contributed by atoms with Gasteiger partial charge in [-0.3, -0.25) is 4.90 Å². The molecule has 0 aromatic carbocycles. The molecule has 0 aromatic rings. The highest BCUT2D eigenvalue weighted by molar-refractivity contribution is 4.53. The van der Waals surface area contributed by atoms with E-state index < -0.39 is 0 Å². The molecule has 0 fully saturated rings. The molecule has 0 heterocycles. The van der Waals surface area contributed by atoms with Crippen molar-refractivity contribution in [3.63, 3.8) is 0 Å². The molecule has 0 aliphatic carbocycles. The van der Waals surface area contributed by atoms with Crippen molar-refractivity contribution in [1.82, 2.24) is 9.80 Å². The van der Waals surface area contributed by atoms with Crippen molar-refractivity contribution in [3.05, 3.63) is 0 Å². The minimum atomic E-state index is -0.303. The molecule has 10 heavy (non-hydrogen) atoms. The summed E-state index contributed by atoms with van der Waals surface area (Å²) < 4.78 is 0. The maximum absolute atomic E-state index is 9.27. The molecule has 3 heteroatoms. The van der Waals surface area contributed by atoms with Crippen molar-refractivity contribution in [1.29, 1.82) is 0 Å². The lowest BCUT2D eigenvalue weighted by Gasteiger charge is -2.19. The summed E-state index contributed by atoms with van der Waals surface area (Å²) in [6.45, 7) is 0.930. The maximum atomic E-state index is 9.27. The molecule has 1 atom stereocenters. The van der Waals surface area contributed by atoms with Crippen LogP contribution in [-0.2, 0) is 0 Å². The molecular weight excluding hydrogens is 128 g/mol. The summed E-state index contributed by atoms with van der Waals surface area (Å²) in [6.07, 6.45) is 0.502. The Morgan fingerprint density at radius 2 is 1.70 bits per heavy atom. The van der Waals surface area contributed by atoms with Gasteiger partial charge in [0.05, 0.1) is 0 Å². The third-order valence-corrected chi connectivity index (χ3v) is 1.43. The van der Waals surface area contributed by atoms with Gasteiger partial charge in [0.1, 0.15) is 6.23 Å². The van der Waals surface area contributed by atoms with Gasteiger partial charge in [0.25, 0.3) is 0 Å². The number of aliphatic hydroxyl groups excluding tert-OH is 1. The smallest absolute Gasteiger partial charge is 0.108 e. The monoisotopic (exact) mass is 146 g/mol. The standard InChI is InChI=1S/C7H18N2O/c1-8(2)6-5-7(10)9(3)4/h7,10H,5-6H2,1-4H3. The van der Waals surface area contributed by atoms with Crippen molar-refractivity contribution >= 4 is 0 Å². The van der Waals surface area contributed by atoms with Crippen molar-refractivity contribution in [2.75, 3.05) is 34.7 Å². The molecule has 1 N–H and O–H groups in total. The first-order valence-corrected chi connectivity index (χ1v) is 3.53. The molecule has 0 bridgehead atoms. The van der Waals surface area contributed by atoms with Crippen LogP contribution in [0.3, 0.4) is 0 Å². The van der Waals surface area contributed by atoms with Gasteiger partial charge in [-0.1, -0.05) is 0 Å². The first kappa shape index (κ1) is 9.88. The van der Waals surface area contributed by atoms with Gasteiger partial charge in [0, 0.05) is 6.54 Å². The maximum Gasteiger partial charge on any atom is 0.108 e. The fourth-order valence-corrected chi connectivity index (χ4v) is 0.632. The quantitative estimate of drug-likeness (QED) is 0.557. The van der Waals surface area contributed by atoms with E-state index in [4.69, 9.17) is 0 Å². The second-order valence-corrected chi connectivity index (χ2v) is 3.04. The van der Waals surface area contributed by atoms with Crippen molar-refractivity contribution in [2.24, 2.45) is 0 Å². The van der Waals surface area contributed by atoms with Gasteiger partial charge in [-0.2, -0.15) is 0 Å². The van der Waals surface area contributed by atoms with E-state index in [-0.39, 0.29) is 6.23 Å². The van der Waals surface area contributed by atoms with E-state index in [0.717, 1.165) is 13.0 Å². The summed E-state index contributed by atoms with van der Waals surface area (Å²) in [5, 5.41) is 9.27. The van der Waals surface area contributed by atoms with Gasteiger partial charge in [0.2, 0.25) is 0 Å². The van der Waals surface area contributed by atoms with Crippen LogP contribution in [-0.4, -0.2) is 55.9 Å². The van der Waals surface area contributed by atoms with E-state index in [1.165, 1.54) is 0 Å². The lowest BCUT2D eigenvalue weighted by Crippen LogP contribution is -2.30. The summed E-state index contributed by atoms with van der Waals surface area (Å²) in [5.74, 6) is 0. The van der Waals surface area contributed by atoms with E-state index >= 15 is 0 Å². The predicted octanol–water partition coefficient (Wildman–Crippen LogP) is -0.182. The van der Waals surface area contributed by atoms with E-state index in [2.05, 4.69) is 4.90 Å². The van der Waals surface area contributed by atoms with Crippen LogP contribution in [0.5, 0.6) is 0 Å². The highest BCUT2D eigenvalue weighted by Gasteiger charge is 2.05. The highest BCUT2D eigenvalue weighted by atomic mass is 16.3. The molecule has 0 saturated heterocycles. The Morgan fingerprint density at radius 1 is 1.20 bits per heavy atom. The lowest BCUT2D eigenvalue weighted by atomic mass is 10.3. The molecule has 3 nitrogen and oxygen atoms in total. The van der Waals surface area contributed by atoms with E-state index in [9.17, 15) is 5.11 Å². The molecule has 0 aliphatic rings. The van der Waals surface area contributed by atoms with Gasteiger partial charge >= 0.3 is 0 Å². The summed E-state index contributed by atoms with van der Waals surface area (Å²) in [4.78, 5) is 3.87. The second-order valence-electron chi connectivity index (χ2n) is 3.04. The third kappa shape index (κ3) is 4.73. The summed E-state index contributed by atoms with van der Waals surface area (Å²) in [6, 6.07) is 0. The van der Waals surface area contributed by atoms with Crippen LogP contribution in [0.1, 0.15) is 6.42 Å². The van der Waals surface area contributed by atoms with Crippen LogP contribution in [0.4, 0.5) is 0 Å². The van der Waals surface area contributed by atoms with Crippen LogP contribution < -0.4 is 0 Å². The van der Waals surface area contributed by atoms with E-state index in [1.807, 2.05) is 33.1 Å². The Hall–Kier alpha value is -0.120. The Morgan fingerprint density at radius 3 is 2.00 bits per heavy atom. The summed E-state index contributed by atoms with van der Waals surface area (Å²) in [7, 11) is 7.76. The molecule has 0 spiro atoms. The first-order chi connectivity index (χ1) is 4.54. The third-order valence-electron chi connectivity index (χ3n) is 1.43. The highest BCUT2D eigenvalue weighted by Crippen LogP contribution is 1.94. The molecular formula is C7H18N2O. The molecule has 0 amide bonds. The topological polar surface area (TPSA) is 26.7 Å². The minimum Gasteiger partial charge on any atom is -0.378 e. The zero-order valence-corrected chi connectivity index (χ0v) is 7.33. The second kappa shape index (κ2) is 4.66. The van der Waals surface area contributed by atoms with Crippen molar-refractivity contribution in [3.8, 4) is 0 Å². The van der Waals surface area contributed by atoms with Crippen LogP contribution in [0.25, 0.3) is 0 Å². The lowest BCUT2D eigenvalue weighted by molar-refractivity contribution is 0.0281. The molecule has 0 aliphatic heterocycles. The summed E-state index contributed by atoms with van der Waals surface area (Å²) >= 11 is 0. The average molecular weight is 146 g/mol. The fourth-order valence-electron chi connectivity index (χ4n) is 0.632. The Kier molecular flexibility index (Phi) is 4.60. The molecule has 0 radical (unpaired) electrons. The normalized spacial score (nSPS) is 14.7. The van der Waals surface area contributed by atoms with Gasteiger partial charge in [-0.05, 0) is 34.6 Å². The Labute approximate surface area is 63.2 Å². The van der Waals surface area contributed by atoms with Crippen molar-refractivity contribution < 1.29 is 5.11 Å². The first-order valence-electron chi connectivity index (χ1n) is 3.53. The molecule has 0 rings (SSSR count). The Bertz CT molecular complexity index is 83.7. The largest absolute Gasteiger partial charge is 0.378 e. The average Bonchev–Trinajstić information content (AvgIpc) is 1.82. The minimum absolute atomic E-state index is 0.303. The van der Waals surface area contributed by atoms with E-state index in [1.54, 1.807) is 0 Å². The van der Waals surface area contributed by atoms with Gasteiger partial charge in [0.15, 0.2) is 0 Å². The SMILES string of the molecule is CN(C)CCC(O)N(C)C. The van der Waals surface area contributed by atoms with Crippen molar-refractivity contribution in [2.45, 2.75) is 12.6 Å². The van der Waals surface area contributed by atoms with Crippen LogP contribution in [0, 0.1) is 0 Å². The predicted molar refractivity (Wildman–Crippen MR) is 42.9 cm³/mol. The number of hydrogen-bond acceptors (Lipinski definition) is 3. The molecule has 0 aromatic heterocycles. The van der Waals surface area contributed by atoms with Crippen LogP contribution in [0.2, 0.25) is 0 Å². The summed E-state index contributed by atoms with van der Waals surface area (Å²) in [5.41, 5.74) is 0. The van der Waals surface area contributed by atoms with Gasteiger partial charge in [-0.15, -0.1) is 0 Å². The number of rotatable bonds is 4. The number of nitrogens with zero attached hydrogens (tertiary/aromatic N) is 2. The molecule has 1 unspecified atom stereocenters. The Balaban J connectivity index is 3.30. The fraction of sp³-hybridized carbons (Fsp3) is 1.00. The van der Waals surface area contributed by atoms with E-state index in [0.29, 0.717) is 0 Å². The van der Waals surface area contributed by atoms with Gasteiger partial charge < -0.3 is 10.0 Å². The van der Waals surface area contributed by atoms with Crippen LogP contribution >= 0.6 is 0 Å². The van der Waals surface area contributed by atoms with Crippen LogP contribution in [0.15, 0.2) is 0 Å². The molecule has 0 saturated carbocycles. The zero-order valence-electron chi connectivity index (χ0n) is 7.33. The molecule has 62 valence electrons. The zero-order chi connectivity index (χ0) is 8.15.